The number of hydrogen-bond donors (Lipinski definition) is 2. The first kappa shape index (κ1) is 16.0. The van der Waals surface area contributed by atoms with Gasteiger partial charge in [0.2, 0.25) is 5.91 Å². The van der Waals surface area contributed by atoms with E-state index >= 15 is 0 Å². The van der Waals surface area contributed by atoms with E-state index in [-0.39, 0.29) is 11.9 Å². The van der Waals surface area contributed by atoms with Gasteiger partial charge in [0, 0.05) is 45.8 Å². The Balaban J connectivity index is 1.53. The van der Waals surface area contributed by atoms with E-state index in [2.05, 4.69) is 25.5 Å². The van der Waals surface area contributed by atoms with Gasteiger partial charge < -0.3 is 15.5 Å². The van der Waals surface area contributed by atoms with E-state index in [4.69, 9.17) is 0 Å². The number of likely N-dealkylation sites (tertiary alicyclic amines) is 1. The second-order valence-electron chi connectivity index (χ2n) is 6.56. The molecule has 0 aromatic carbocycles. The average molecular weight is 318 g/mol. The molecule has 7 nitrogen and oxygen atoms in total. The molecular formula is C16H26N6O. The molecule has 2 fully saturated rings. The SMILES string of the molecule is CN(C)c1cc(NC2CCN(C3CCCNC3=O)CC2)ncn1. The third-order valence-electron chi connectivity index (χ3n) is 4.69. The molecule has 0 bridgehead atoms. The summed E-state index contributed by atoms with van der Waals surface area (Å²) in [7, 11) is 3.94. The third kappa shape index (κ3) is 3.90. The molecule has 126 valence electrons. The molecule has 23 heavy (non-hydrogen) atoms. The molecule has 3 rings (SSSR count). The van der Waals surface area contributed by atoms with Crippen LogP contribution in [-0.4, -0.2) is 66.6 Å². The molecule has 1 atom stereocenters. The minimum absolute atomic E-state index is 0.0732. The summed E-state index contributed by atoms with van der Waals surface area (Å²) < 4.78 is 0. The largest absolute Gasteiger partial charge is 0.367 e. The van der Waals surface area contributed by atoms with E-state index in [0.29, 0.717) is 6.04 Å². The molecule has 2 N–H and O–H groups in total. The fraction of sp³-hybridized carbons (Fsp3) is 0.688. The molecule has 1 aromatic rings. The predicted molar refractivity (Wildman–Crippen MR) is 90.6 cm³/mol. The molecule has 2 saturated heterocycles. The summed E-state index contributed by atoms with van der Waals surface area (Å²) in [5.74, 6) is 1.98. The van der Waals surface area contributed by atoms with E-state index in [1.807, 2.05) is 25.1 Å². The Morgan fingerprint density at radius 2 is 2.04 bits per heavy atom. The lowest BCUT2D eigenvalue weighted by molar-refractivity contribution is -0.128. The van der Waals surface area contributed by atoms with E-state index in [1.165, 1.54) is 0 Å². The number of anilines is 2. The average Bonchev–Trinajstić information content (AvgIpc) is 2.56. The summed E-state index contributed by atoms with van der Waals surface area (Å²) in [6.07, 6.45) is 5.74. The minimum Gasteiger partial charge on any atom is -0.367 e. The van der Waals surface area contributed by atoms with Crippen molar-refractivity contribution in [1.29, 1.82) is 0 Å². The molecule has 0 aliphatic carbocycles. The van der Waals surface area contributed by atoms with Crippen LogP contribution in [0.1, 0.15) is 25.7 Å². The molecule has 2 aliphatic heterocycles. The van der Waals surface area contributed by atoms with Crippen LogP contribution in [0.2, 0.25) is 0 Å². The van der Waals surface area contributed by atoms with Crippen molar-refractivity contribution < 1.29 is 4.79 Å². The van der Waals surface area contributed by atoms with Crippen molar-refractivity contribution in [2.75, 3.05) is 43.9 Å². The van der Waals surface area contributed by atoms with Crippen LogP contribution < -0.4 is 15.5 Å². The number of carbonyl (C=O) groups excluding carboxylic acids is 1. The molecule has 0 spiro atoms. The maximum Gasteiger partial charge on any atom is 0.237 e. The molecule has 3 heterocycles. The van der Waals surface area contributed by atoms with Crippen LogP contribution in [-0.2, 0) is 4.79 Å². The summed E-state index contributed by atoms with van der Waals surface area (Å²) in [6.45, 7) is 2.75. The van der Waals surface area contributed by atoms with E-state index in [1.54, 1.807) is 6.33 Å². The van der Waals surface area contributed by atoms with Gasteiger partial charge in [-0.2, -0.15) is 0 Å². The lowest BCUT2D eigenvalue weighted by Crippen LogP contribution is -2.53. The van der Waals surface area contributed by atoms with Crippen LogP contribution in [0.5, 0.6) is 0 Å². The number of nitrogens with zero attached hydrogens (tertiary/aromatic N) is 4. The van der Waals surface area contributed by atoms with Crippen LogP contribution in [0.4, 0.5) is 11.6 Å². The van der Waals surface area contributed by atoms with E-state index < -0.39 is 0 Å². The second-order valence-corrected chi connectivity index (χ2v) is 6.56. The maximum absolute atomic E-state index is 12.0. The van der Waals surface area contributed by atoms with E-state index in [0.717, 1.165) is 57.0 Å². The third-order valence-corrected chi connectivity index (χ3v) is 4.69. The molecule has 1 unspecified atom stereocenters. The highest BCUT2D eigenvalue weighted by Crippen LogP contribution is 2.21. The van der Waals surface area contributed by atoms with Gasteiger partial charge in [-0.15, -0.1) is 0 Å². The van der Waals surface area contributed by atoms with Crippen molar-refractivity contribution in [2.24, 2.45) is 0 Å². The Kier molecular flexibility index (Phi) is 4.95. The van der Waals surface area contributed by atoms with Gasteiger partial charge in [0.05, 0.1) is 6.04 Å². The molecule has 1 aromatic heterocycles. The topological polar surface area (TPSA) is 73.4 Å². The molecule has 1 amide bonds. The standard InChI is InChI=1S/C16H26N6O/c1-21(2)15-10-14(18-11-19-15)20-12-5-8-22(9-6-12)13-4-3-7-17-16(13)23/h10-13H,3-9H2,1-2H3,(H,17,23)(H,18,19,20). The van der Waals surface area contributed by atoms with Crippen LogP contribution in [0.15, 0.2) is 12.4 Å². The first-order valence-electron chi connectivity index (χ1n) is 8.41. The highest BCUT2D eigenvalue weighted by Gasteiger charge is 2.31. The normalized spacial score (nSPS) is 23.4. The van der Waals surface area contributed by atoms with E-state index in [9.17, 15) is 4.79 Å². The van der Waals surface area contributed by atoms with Gasteiger partial charge in [0.25, 0.3) is 0 Å². The zero-order valence-electron chi connectivity index (χ0n) is 14.0. The van der Waals surface area contributed by atoms with Gasteiger partial charge in [-0.1, -0.05) is 0 Å². The van der Waals surface area contributed by atoms with Gasteiger partial charge in [-0.3, -0.25) is 9.69 Å². The monoisotopic (exact) mass is 318 g/mol. The summed E-state index contributed by atoms with van der Waals surface area (Å²) in [5, 5.41) is 6.49. The number of amides is 1. The molecule has 2 aliphatic rings. The summed E-state index contributed by atoms with van der Waals surface area (Å²) in [6, 6.07) is 2.45. The van der Waals surface area contributed by atoms with Crippen LogP contribution in [0, 0.1) is 0 Å². The summed E-state index contributed by atoms with van der Waals surface area (Å²) in [5.41, 5.74) is 0. The fourth-order valence-corrected chi connectivity index (χ4v) is 3.34. The fourth-order valence-electron chi connectivity index (χ4n) is 3.34. The quantitative estimate of drug-likeness (QED) is 0.851. The van der Waals surface area contributed by atoms with Crippen LogP contribution >= 0.6 is 0 Å². The highest BCUT2D eigenvalue weighted by molar-refractivity contribution is 5.82. The van der Waals surface area contributed by atoms with Crippen molar-refractivity contribution >= 4 is 17.5 Å². The first-order chi connectivity index (χ1) is 11.1. The zero-order chi connectivity index (χ0) is 16.2. The van der Waals surface area contributed by atoms with Gasteiger partial charge in [-0.05, 0) is 25.7 Å². The number of piperidine rings is 2. The van der Waals surface area contributed by atoms with Gasteiger partial charge in [0.15, 0.2) is 0 Å². The smallest absolute Gasteiger partial charge is 0.237 e. The number of nitrogens with one attached hydrogen (secondary N) is 2. The number of hydrogen-bond acceptors (Lipinski definition) is 6. The van der Waals surface area contributed by atoms with Crippen LogP contribution in [0.3, 0.4) is 0 Å². The lowest BCUT2D eigenvalue weighted by Gasteiger charge is -2.38. The van der Waals surface area contributed by atoms with Gasteiger partial charge in [-0.25, -0.2) is 9.97 Å². The Morgan fingerprint density at radius 1 is 1.26 bits per heavy atom. The van der Waals surface area contributed by atoms with Gasteiger partial charge in [0.1, 0.15) is 18.0 Å². The number of rotatable bonds is 4. The maximum atomic E-state index is 12.0. The number of carbonyl (C=O) groups is 1. The zero-order valence-corrected chi connectivity index (χ0v) is 14.0. The lowest BCUT2D eigenvalue weighted by atomic mass is 9.99. The summed E-state index contributed by atoms with van der Waals surface area (Å²) >= 11 is 0. The minimum atomic E-state index is 0.0732. The van der Waals surface area contributed by atoms with Crippen LogP contribution in [0.25, 0.3) is 0 Å². The summed E-state index contributed by atoms with van der Waals surface area (Å²) in [4.78, 5) is 24.8. The van der Waals surface area contributed by atoms with Crippen molar-refractivity contribution in [3.63, 3.8) is 0 Å². The molecular weight excluding hydrogens is 292 g/mol. The Bertz CT molecular complexity index is 541. The Labute approximate surface area is 137 Å². The van der Waals surface area contributed by atoms with Crippen molar-refractivity contribution in [1.82, 2.24) is 20.2 Å². The Morgan fingerprint density at radius 3 is 2.74 bits per heavy atom. The molecule has 0 radical (unpaired) electrons. The molecule has 0 saturated carbocycles. The first-order valence-corrected chi connectivity index (χ1v) is 8.41. The Hall–Kier alpha value is -1.89. The van der Waals surface area contributed by atoms with Crippen molar-refractivity contribution in [3.8, 4) is 0 Å². The van der Waals surface area contributed by atoms with Crippen molar-refractivity contribution in [3.05, 3.63) is 12.4 Å². The number of aromatic nitrogens is 2. The van der Waals surface area contributed by atoms with Crippen molar-refractivity contribution in [2.45, 2.75) is 37.8 Å². The molecule has 7 heteroatoms. The van der Waals surface area contributed by atoms with Gasteiger partial charge >= 0.3 is 0 Å². The highest BCUT2D eigenvalue weighted by atomic mass is 16.2. The predicted octanol–water partition coefficient (Wildman–Crippen LogP) is 0.698. The second kappa shape index (κ2) is 7.12.